The van der Waals surface area contributed by atoms with Gasteiger partial charge >= 0.3 is 0 Å². The molecule has 0 spiro atoms. The van der Waals surface area contributed by atoms with Crippen molar-refractivity contribution in [3.63, 3.8) is 0 Å². The average molecular weight is 1590 g/mol. The Kier molecular flexibility index (Phi) is 22.9. The monoisotopic (exact) mass is 1590 g/mol. The third-order valence-corrected chi connectivity index (χ3v) is 22.6. The topological polar surface area (TPSA) is 19.4 Å². The van der Waals surface area contributed by atoms with E-state index in [0.717, 1.165) is 169 Å². The highest BCUT2D eigenvalue weighted by Gasteiger charge is 2.21. The van der Waals surface area contributed by atoms with Crippen LogP contribution in [0.25, 0.3) is 68.8 Å². The van der Waals surface area contributed by atoms with E-state index in [-0.39, 0.29) is 0 Å². The van der Waals surface area contributed by atoms with Crippen LogP contribution in [0.5, 0.6) is 0 Å². The molecule has 0 fully saturated rings. The lowest BCUT2D eigenvalue weighted by molar-refractivity contribution is 1.28. The standard InChI is InChI=1S/C118H88N6/c1-9-25-101(26-10-1)119(102-27-11-2-12-28-102)111-73-53-93(54-74-111)97-61-81-115(82-62-97)123(116-83-63-98(64-84-116)94-55-75-112(76-56-94)120(103-29-13-3-14-30-103)104-31-15-4-16-32-104)109-69-49-91(50-70-109)47-45-89-41-43-90(44-42-89)46-48-92-51-71-110(72-52-92)124(117-85-65-99(66-86-117)95-57-77-113(78-58-95)121(105-33-17-5-18-34-105)106-35-19-6-20-36-106)118-87-67-100(68-88-118)96-59-79-114(80-60-96)122(107-37-21-7-22-38-107)108-39-23-8-24-40-108/h1-88H/b47-45+,48-46+. The van der Waals surface area contributed by atoms with Gasteiger partial charge in [0.05, 0.1) is 0 Å². The molecule has 0 N–H and O–H groups in total. The number of anilines is 18. The number of rotatable bonds is 26. The maximum atomic E-state index is 2.35. The lowest BCUT2D eigenvalue weighted by Crippen LogP contribution is -2.10. The molecule has 6 heteroatoms. The molecule has 590 valence electrons. The minimum absolute atomic E-state index is 1.05. The van der Waals surface area contributed by atoms with Crippen molar-refractivity contribution >= 4 is 127 Å². The number of para-hydroxylation sites is 8. The Balaban J connectivity index is 0.561. The molecule has 6 nitrogen and oxygen atoms in total. The first kappa shape index (κ1) is 77.4. The van der Waals surface area contributed by atoms with Gasteiger partial charge in [0, 0.05) is 102 Å². The van der Waals surface area contributed by atoms with Crippen LogP contribution in [0.15, 0.2) is 510 Å². The van der Waals surface area contributed by atoms with Crippen molar-refractivity contribution in [2.24, 2.45) is 0 Å². The quantitative estimate of drug-likeness (QED) is 0.0500. The predicted octanol–water partition coefficient (Wildman–Crippen LogP) is 33.5. The third-order valence-electron chi connectivity index (χ3n) is 22.6. The van der Waals surface area contributed by atoms with Gasteiger partial charge in [0.15, 0.2) is 0 Å². The molecule has 0 amide bonds. The van der Waals surface area contributed by atoms with Gasteiger partial charge in [-0.3, -0.25) is 0 Å². The van der Waals surface area contributed by atoms with E-state index in [0.29, 0.717) is 0 Å². The van der Waals surface area contributed by atoms with Gasteiger partial charge in [-0.05, 0) is 285 Å². The maximum absolute atomic E-state index is 2.35. The van der Waals surface area contributed by atoms with Crippen molar-refractivity contribution in [3.8, 4) is 44.5 Å². The summed E-state index contributed by atoms with van der Waals surface area (Å²) in [5.41, 5.74) is 33.1. The SMILES string of the molecule is C(=C\c1ccc(N(c2ccc(-c3ccc(N(c4ccccc4)c4ccccc4)cc3)cc2)c2ccc(-c3ccc(N(c4ccccc4)c4ccccc4)cc3)cc2)cc1)/c1ccc(/C=C/c2ccc(N(c3ccc(-c4ccc(N(c5ccccc5)c5ccccc5)cc4)cc3)c3ccc(-c4ccc(N(c5ccccc5)c5ccccc5)cc4)cc3)cc2)cc1. The second-order valence-corrected chi connectivity index (χ2v) is 30.6. The Morgan fingerprint density at radius 2 is 0.177 bits per heavy atom. The number of benzene rings is 19. The predicted molar refractivity (Wildman–Crippen MR) is 527 cm³/mol. The van der Waals surface area contributed by atoms with E-state index < -0.39 is 0 Å². The summed E-state index contributed by atoms with van der Waals surface area (Å²) in [5.74, 6) is 0. The smallest absolute Gasteiger partial charge is 0.0462 e. The molecular weight excluding hydrogens is 1500 g/mol. The van der Waals surface area contributed by atoms with Crippen molar-refractivity contribution in [1.29, 1.82) is 0 Å². The van der Waals surface area contributed by atoms with Crippen LogP contribution in [-0.2, 0) is 0 Å². The molecule has 0 aliphatic carbocycles. The Labute approximate surface area is 727 Å². The molecular formula is C118H88N6. The van der Waals surface area contributed by atoms with Crippen LogP contribution in [-0.4, -0.2) is 0 Å². The van der Waals surface area contributed by atoms with Gasteiger partial charge in [0.2, 0.25) is 0 Å². The molecule has 19 rings (SSSR count). The molecule has 19 aromatic carbocycles. The Hall–Kier alpha value is -16.5. The maximum Gasteiger partial charge on any atom is 0.0462 e. The summed E-state index contributed by atoms with van der Waals surface area (Å²) in [5, 5.41) is 0. The van der Waals surface area contributed by atoms with Crippen LogP contribution in [0.2, 0.25) is 0 Å². The Bertz CT molecular complexity index is 5780. The van der Waals surface area contributed by atoms with E-state index in [1.165, 1.54) is 0 Å². The van der Waals surface area contributed by atoms with E-state index in [9.17, 15) is 0 Å². The zero-order valence-electron chi connectivity index (χ0n) is 68.5. The lowest BCUT2D eigenvalue weighted by atomic mass is 10.0. The minimum Gasteiger partial charge on any atom is -0.311 e. The third kappa shape index (κ3) is 17.6. The molecule has 19 aromatic rings. The fourth-order valence-electron chi connectivity index (χ4n) is 16.3. The van der Waals surface area contributed by atoms with Gasteiger partial charge in [-0.25, -0.2) is 0 Å². The number of nitrogens with zero attached hydrogens (tertiary/aromatic N) is 6. The molecule has 0 heterocycles. The first-order chi connectivity index (χ1) is 61.5. The molecule has 0 radical (unpaired) electrons. The molecule has 0 bridgehead atoms. The summed E-state index contributed by atoms with van der Waals surface area (Å²) in [4.78, 5) is 13.9. The van der Waals surface area contributed by atoms with Crippen molar-refractivity contribution in [2.75, 3.05) is 29.4 Å². The average Bonchev–Trinajstić information content (AvgIpc) is 0.797. The first-order valence-electron chi connectivity index (χ1n) is 42.2. The normalized spacial score (nSPS) is 11.2. The van der Waals surface area contributed by atoms with Crippen molar-refractivity contribution in [2.45, 2.75) is 0 Å². The highest BCUT2D eigenvalue weighted by atomic mass is 15.2. The second kappa shape index (κ2) is 36.8. The fourth-order valence-corrected chi connectivity index (χ4v) is 16.3. The van der Waals surface area contributed by atoms with Crippen LogP contribution >= 0.6 is 0 Å². The van der Waals surface area contributed by atoms with E-state index >= 15 is 0 Å². The molecule has 0 aromatic heterocycles. The molecule has 0 aliphatic rings. The summed E-state index contributed by atoms with van der Waals surface area (Å²) in [7, 11) is 0. The van der Waals surface area contributed by atoms with Gasteiger partial charge in [0.25, 0.3) is 0 Å². The minimum atomic E-state index is 1.05. The summed E-state index contributed by atoms with van der Waals surface area (Å²) in [6.07, 6.45) is 8.78. The van der Waals surface area contributed by atoms with Crippen LogP contribution in [0.1, 0.15) is 22.3 Å². The summed E-state index contributed by atoms with van der Waals surface area (Å²) in [6, 6.07) is 182. The van der Waals surface area contributed by atoms with Gasteiger partial charge in [-0.15, -0.1) is 0 Å². The largest absolute Gasteiger partial charge is 0.311 e. The fraction of sp³-hybridized carbons (Fsp3) is 0. The van der Waals surface area contributed by atoms with E-state index in [1.54, 1.807) is 0 Å². The van der Waals surface area contributed by atoms with Crippen LogP contribution in [0.4, 0.5) is 102 Å². The highest BCUT2D eigenvalue weighted by molar-refractivity contribution is 5.88. The Morgan fingerprint density at radius 1 is 0.0887 bits per heavy atom. The van der Waals surface area contributed by atoms with Crippen molar-refractivity contribution in [3.05, 3.63) is 532 Å². The van der Waals surface area contributed by atoms with E-state index in [2.05, 4.69) is 563 Å². The number of hydrogen-bond donors (Lipinski definition) is 0. The van der Waals surface area contributed by atoms with Gasteiger partial charge in [-0.1, -0.05) is 315 Å². The zero-order chi connectivity index (χ0) is 83.0. The van der Waals surface area contributed by atoms with Gasteiger partial charge < -0.3 is 29.4 Å². The zero-order valence-corrected chi connectivity index (χ0v) is 68.5. The summed E-state index contributed by atoms with van der Waals surface area (Å²) < 4.78 is 0. The molecule has 124 heavy (non-hydrogen) atoms. The molecule has 0 saturated heterocycles. The number of hydrogen-bond acceptors (Lipinski definition) is 6. The van der Waals surface area contributed by atoms with Crippen LogP contribution in [0, 0.1) is 0 Å². The van der Waals surface area contributed by atoms with Gasteiger partial charge in [0.1, 0.15) is 0 Å². The van der Waals surface area contributed by atoms with Gasteiger partial charge in [-0.2, -0.15) is 0 Å². The molecule has 0 atom stereocenters. The summed E-state index contributed by atoms with van der Waals surface area (Å²) in [6.45, 7) is 0. The van der Waals surface area contributed by atoms with Crippen molar-refractivity contribution < 1.29 is 0 Å². The molecule has 0 aliphatic heterocycles. The first-order valence-corrected chi connectivity index (χ1v) is 42.2. The Morgan fingerprint density at radius 3 is 0.290 bits per heavy atom. The van der Waals surface area contributed by atoms with Crippen LogP contribution in [0.3, 0.4) is 0 Å². The van der Waals surface area contributed by atoms with Crippen LogP contribution < -0.4 is 29.4 Å². The highest BCUT2D eigenvalue weighted by Crippen LogP contribution is 2.45. The molecule has 0 saturated carbocycles. The molecule has 0 unspecified atom stereocenters. The summed E-state index contributed by atoms with van der Waals surface area (Å²) >= 11 is 0. The lowest BCUT2D eigenvalue weighted by Gasteiger charge is -2.26. The van der Waals surface area contributed by atoms with E-state index in [4.69, 9.17) is 0 Å². The second-order valence-electron chi connectivity index (χ2n) is 30.6. The van der Waals surface area contributed by atoms with Crippen molar-refractivity contribution in [1.82, 2.24) is 0 Å². The van der Waals surface area contributed by atoms with E-state index in [1.807, 2.05) is 0 Å².